The van der Waals surface area contributed by atoms with Crippen molar-refractivity contribution in [2.24, 2.45) is 5.73 Å². The van der Waals surface area contributed by atoms with Gasteiger partial charge in [-0.15, -0.1) is 0 Å². The van der Waals surface area contributed by atoms with Crippen LogP contribution < -0.4 is 11.1 Å². The zero-order chi connectivity index (χ0) is 13.1. The summed E-state index contributed by atoms with van der Waals surface area (Å²) in [5.41, 5.74) is 6.00. The van der Waals surface area contributed by atoms with Crippen molar-refractivity contribution in [2.75, 3.05) is 5.32 Å². The van der Waals surface area contributed by atoms with Crippen LogP contribution in [0.1, 0.15) is 16.3 Å². The van der Waals surface area contributed by atoms with E-state index in [4.69, 9.17) is 21.8 Å². The Morgan fingerprint density at radius 1 is 1.39 bits per heavy atom. The van der Waals surface area contributed by atoms with Crippen molar-refractivity contribution in [3.63, 3.8) is 0 Å². The smallest absolute Gasteiger partial charge is 0.291 e. The van der Waals surface area contributed by atoms with Crippen LogP contribution in [0, 0.1) is 0 Å². The predicted molar refractivity (Wildman–Crippen MR) is 73.7 cm³/mol. The minimum absolute atomic E-state index is 0.217. The summed E-state index contributed by atoms with van der Waals surface area (Å²) in [4.78, 5) is 11.8. The largest absolute Gasteiger partial charge is 0.455 e. The molecule has 0 bridgehead atoms. The van der Waals surface area contributed by atoms with Gasteiger partial charge in [0.2, 0.25) is 0 Å². The van der Waals surface area contributed by atoms with E-state index < -0.39 is 0 Å². The molecule has 0 aliphatic heterocycles. The summed E-state index contributed by atoms with van der Waals surface area (Å²) in [6.07, 6.45) is 0. The summed E-state index contributed by atoms with van der Waals surface area (Å²) >= 11 is 9.21. The first-order valence-corrected chi connectivity index (χ1v) is 6.32. The number of rotatable bonds is 3. The van der Waals surface area contributed by atoms with Gasteiger partial charge in [-0.25, -0.2) is 0 Å². The van der Waals surface area contributed by atoms with E-state index in [1.54, 1.807) is 30.3 Å². The van der Waals surface area contributed by atoms with Crippen molar-refractivity contribution < 1.29 is 9.21 Å². The number of nitrogens with one attached hydrogen (secondary N) is 1. The third kappa shape index (κ3) is 2.93. The number of amides is 1. The van der Waals surface area contributed by atoms with E-state index in [2.05, 4.69) is 21.2 Å². The number of hydrogen-bond acceptors (Lipinski definition) is 3. The maximum atomic E-state index is 11.8. The van der Waals surface area contributed by atoms with Gasteiger partial charge >= 0.3 is 0 Å². The van der Waals surface area contributed by atoms with Crippen molar-refractivity contribution in [3.05, 3.63) is 51.3 Å². The Labute approximate surface area is 117 Å². The normalized spacial score (nSPS) is 10.4. The molecule has 94 valence electrons. The molecule has 4 nitrogen and oxygen atoms in total. The van der Waals surface area contributed by atoms with E-state index in [1.165, 1.54) is 0 Å². The average Bonchev–Trinajstić information content (AvgIpc) is 2.82. The van der Waals surface area contributed by atoms with E-state index in [0.717, 1.165) is 4.47 Å². The van der Waals surface area contributed by atoms with Crippen LogP contribution in [0.4, 0.5) is 5.69 Å². The van der Waals surface area contributed by atoms with Gasteiger partial charge < -0.3 is 15.5 Å². The Kier molecular flexibility index (Phi) is 4.06. The number of furan rings is 1. The predicted octanol–water partition coefficient (Wildman–Crippen LogP) is 3.41. The van der Waals surface area contributed by atoms with Crippen molar-refractivity contribution in [3.8, 4) is 0 Å². The fourth-order valence-corrected chi connectivity index (χ4v) is 1.80. The van der Waals surface area contributed by atoms with E-state index in [1.807, 2.05) is 0 Å². The Morgan fingerprint density at radius 3 is 2.78 bits per heavy atom. The van der Waals surface area contributed by atoms with Crippen LogP contribution in [0.15, 0.2) is 39.2 Å². The van der Waals surface area contributed by atoms with E-state index in [-0.39, 0.29) is 18.2 Å². The van der Waals surface area contributed by atoms with Crippen molar-refractivity contribution in [1.29, 1.82) is 0 Å². The van der Waals surface area contributed by atoms with Gasteiger partial charge in [-0.3, -0.25) is 4.79 Å². The van der Waals surface area contributed by atoms with Crippen molar-refractivity contribution in [1.82, 2.24) is 0 Å². The molecule has 0 saturated heterocycles. The van der Waals surface area contributed by atoms with Gasteiger partial charge in [0.15, 0.2) is 5.76 Å². The molecule has 18 heavy (non-hydrogen) atoms. The molecule has 0 aliphatic rings. The summed E-state index contributed by atoms with van der Waals surface area (Å²) in [7, 11) is 0. The zero-order valence-electron chi connectivity index (χ0n) is 9.24. The van der Waals surface area contributed by atoms with Crippen LogP contribution in [0.3, 0.4) is 0 Å². The quantitative estimate of drug-likeness (QED) is 0.906. The van der Waals surface area contributed by atoms with Crippen LogP contribution in [0.2, 0.25) is 5.02 Å². The first-order chi connectivity index (χ1) is 8.60. The molecule has 0 unspecified atom stereocenters. The Bertz CT molecular complexity index is 583. The highest BCUT2D eigenvalue weighted by Gasteiger charge is 2.11. The maximum absolute atomic E-state index is 11.8. The molecule has 1 amide bonds. The molecule has 0 atom stereocenters. The van der Waals surface area contributed by atoms with Gasteiger partial charge in [-0.05, 0) is 46.3 Å². The second-order valence-electron chi connectivity index (χ2n) is 3.55. The summed E-state index contributed by atoms with van der Waals surface area (Å²) in [5.74, 6) is 0.441. The van der Waals surface area contributed by atoms with Crippen LogP contribution in [-0.2, 0) is 6.54 Å². The molecule has 2 aromatic rings. The third-order valence-electron chi connectivity index (χ3n) is 2.26. The number of benzene rings is 1. The number of anilines is 1. The van der Waals surface area contributed by atoms with Crippen molar-refractivity contribution >= 4 is 39.1 Å². The number of carbonyl (C=O) groups excluding carboxylic acids is 1. The van der Waals surface area contributed by atoms with Crippen LogP contribution in [0.5, 0.6) is 0 Å². The third-order valence-corrected chi connectivity index (χ3v) is 3.50. The highest BCUT2D eigenvalue weighted by molar-refractivity contribution is 9.10. The van der Waals surface area contributed by atoms with Crippen LogP contribution >= 0.6 is 27.5 Å². The molecule has 0 saturated carbocycles. The summed E-state index contributed by atoms with van der Waals surface area (Å²) in [6.45, 7) is 0.261. The Hall–Kier alpha value is -1.30. The SMILES string of the molecule is NCc1ccc(C(=O)Nc2ccc(Br)c(Cl)c2)o1. The van der Waals surface area contributed by atoms with Gasteiger partial charge in [-0.2, -0.15) is 0 Å². The number of carbonyl (C=O) groups is 1. The molecule has 6 heteroatoms. The van der Waals surface area contributed by atoms with Crippen LogP contribution in [0.25, 0.3) is 0 Å². The number of nitrogens with two attached hydrogens (primary N) is 1. The van der Waals surface area contributed by atoms with Crippen LogP contribution in [-0.4, -0.2) is 5.91 Å². The molecule has 3 N–H and O–H groups in total. The molecular formula is C12H10BrClN2O2. The summed E-state index contributed by atoms with van der Waals surface area (Å²) < 4.78 is 6.01. The lowest BCUT2D eigenvalue weighted by molar-refractivity contribution is 0.0995. The van der Waals surface area contributed by atoms with Gasteiger partial charge in [0, 0.05) is 10.2 Å². The lowest BCUT2D eigenvalue weighted by Gasteiger charge is -2.04. The molecule has 0 fully saturated rings. The molecule has 0 aliphatic carbocycles. The highest BCUT2D eigenvalue weighted by Crippen LogP contribution is 2.25. The molecule has 0 radical (unpaired) electrons. The molecule has 2 rings (SSSR count). The van der Waals surface area contributed by atoms with Gasteiger partial charge in [0.25, 0.3) is 5.91 Å². The van der Waals surface area contributed by atoms with Gasteiger partial charge in [0.1, 0.15) is 5.76 Å². The summed E-state index contributed by atoms with van der Waals surface area (Å²) in [6, 6.07) is 8.39. The highest BCUT2D eigenvalue weighted by atomic mass is 79.9. The molecule has 0 spiro atoms. The fraction of sp³-hybridized carbons (Fsp3) is 0.0833. The first-order valence-electron chi connectivity index (χ1n) is 5.15. The number of hydrogen-bond donors (Lipinski definition) is 2. The van der Waals surface area contributed by atoms with E-state index in [0.29, 0.717) is 16.5 Å². The number of halogens is 2. The minimum Gasteiger partial charge on any atom is -0.455 e. The molecule has 1 aromatic carbocycles. The topological polar surface area (TPSA) is 68.3 Å². The zero-order valence-corrected chi connectivity index (χ0v) is 11.6. The first kappa shape index (κ1) is 13.1. The monoisotopic (exact) mass is 328 g/mol. The lowest BCUT2D eigenvalue weighted by atomic mass is 10.3. The minimum atomic E-state index is -0.340. The second kappa shape index (κ2) is 5.56. The van der Waals surface area contributed by atoms with Crippen molar-refractivity contribution in [2.45, 2.75) is 6.54 Å². The van der Waals surface area contributed by atoms with E-state index >= 15 is 0 Å². The molecule has 1 aromatic heterocycles. The Balaban J connectivity index is 2.13. The lowest BCUT2D eigenvalue weighted by Crippen LogP contribution is -2.10. The second-order valence-corrected chi connectivity index (χ2v) is 4.81. The standard InChI is InChI=1S/C12H10BrClN2O2/c13-9-3-1-7(5-10(9)14)16-12(17)11-4-2-8(6-15)18-11/h1-5H,6,15H2,(H,16,17). The van der Waals surface area contributed by atoms with E-state index in [9.17, 15) is 4.79 Å². The molecule has 1 heterocycles. The average molecular weight is 330 g/mol. The molecular weight excluding hydrogens is 320 g/mol. The Morgan fingerprint density at radius 2 is 2.17 bits per heavy atom. The fourth-order valence-electron chi connectivity index (χ4n) is 1.38. The summed E-state index contributed by atoms with van der Waals surface area (Å²) in [5, 5.41) is 3.21. The van der Waals surface area contributed by atoms with Gasteiger partial charge in [-0.1, -0.05) is 11.6 Å². The van der Waals surface area contributed by atoms with Gasteiger partial charge in [0.05, 0.1) is 11.6 Å². The maximum Gasteiger partial charge on any atom is 0.291 e.